The van der Waals surface area contributed by atoms with Crippen molar-refractivity contribution in [3.05, 3.63) is 29.3 Å². The summed E-state index contributed by atoms with van der Waals surface area (Å²) in [6.45, 7) is 8.12. The van der Waals surface area contributed by atoms with Crippen molar-refractivity contribution in [2.75, 3.05) is 46.3 Å². The first-order valence-electron chi connectivity index (χ1n) is 8.69. The van der Waals surface area contributed by atoms with Gasteiger partial charge in [-0.15, -0.1) is 0 Å². The summed E-state index contributed by atoms with van der Waals surface area (Å²) in [5.74, 6) is 0.567. The normalized spacial score (nSPS) is 17.5. The molecule has 0 aliphatic carbocycles. The number of nitrogens with one attached hydrogen (secondary N) is 1. The van der Waals surface area contributed by atoms with Crippen LogP contribution in [0.15, 0.2) is 24.3 Å². The van der Waals surface area contributed by atoms with Crippen LogP contribution in [0.5, 0.6) is 5.75 Å². The summed E-state index contributed by atoms with van der Waals surface area (Å²) >= 11 is 5.95. The Labute approximate surface area is 149 Å². The van der Waals surface area contributed by atoms with Gasteiger partial charge in [-0.25, -0.2) is 0 Å². The topological polar surface area (TPSA) is 44.8 Å². The van der Waals surface area contributed by atoms with E-state index in [4.69, 9.17) is 16.3 Å². The van der Waals surface area contributed by atoms with Gasteiger partial charge in [0.25, 0.3) is 5.91 Å². The van der Waals surface area contributed by atoms with Crippen LogP contribution in [0.25, 0.3) is 0 Å². The van der Waals surface area contributed by atoms with Crippen molar-refractivity contribution < 1.29 is 9.53 Å². The number of rotatable bonds is 8. The maximum atomic E-state index is 12.3. The lowest BCUT2D eigenvalue weighted by Crippen LogP contribution is -2.45. The Morgan fingerprint density at radius 3 is 2.75 bits per heavy atom. The minimum Gasteiger partial charge on any atom is -0.481 e. The molecule has 1 aromatic carbocycles. The highest BCUT2D eigenvalue weighted by Crippen LogP contribution is 2.19. The van der Waals surface area contributed by atoms with Crippen LogP contribution < -0.4 is 10.1 Å². The molecule has 2 rings (SSSR count). The third-order valence-corrected chi connectivity index (χ3v) is 4.52. The second kappa shape index (κ2) is 9.87. The fraction of sp³-hybridized carbons (Fsp3) is 0.611. The van der Waals surface area contributed by atoms with Gasteiger partial charge in [0.05, 0.1) is 0 Å². The van der Waals surface area contributed by atoms with E-state index in [1.807, 2.05) is 19.1 Å². The van der Waals surface area contributed by atoms with E-state index in [1.54, 1.807) is 12.1 Å². The Balaban J connectivity index is 1.68. The highest BCUT2D eigenvalue weighted by Gasteiger charge is 2.18. The molecule has 0 spiro atoms. The molecule has 0 aromatic heterocycles. The zero-order valence-electron chi connectivity index (χ0n) is 14.6. The molecule has 5 nitrogen and oxygen atoms in total. The van der Waals surface area contributed by atoms with E-state index >= 15 is 0 Å². The summed E-state index contributed by atoms with van der Waals surface area (Å²) in [4.78, 5) is 17.1. The maximum Gasteiger partial charge on any atom is 0.261 e. The monoisotopic (exact) mass is 353 g/mol. The van der Waals surface area contributed by atoms with Gasteiger partial charge in [0.2, 0.25) is 0 Å². The fourth-order valence-corrected chi connectivity index (χ4v) is 2.91. The average molecular weight is 354 g/mol. The van der Waals surface area contributed by atoms with Crippen molar-refractivity contribution in [2.45, 2.75) is 25.9 Å². The molecule has 1 heterocycles. The molecule has 1 atom stereocenters. The summed E-state index contributed by atoms with van der Waals surface area (Å²) in [5.41, 5.74) is 0. The zero-order chi connectivity index (χ0) is 17.4. The van der Waals surface area contributed by atoms with E-state index in [2.05, 4.69) is 22.2 Å². The lowest BCUT2D eigenvalue weighted by Gasteiger charge is -2.32. The van der Waals surface area contributed by atoms with E-state index < -0.39 is 6.10 Å². The Morgan fingerprint density at radius 2 is 2.08 bits per heavy atom. The smallest absolute Gasteiger partial charge is 0.261 e. The van der Waals surface area contributed by atoms with Crippen LogP contribution >= 0.6 is 11.6 Å². The van der Waals surface area contributed by atoms with Crippen LogP contribution in [0.4, 0.5) is 0 Å². The van der Waals surface area contributed by atoms with Crippen LogP contribution in [0.3, 0.4) is 0 Å². The third kappa shape index (κ3) is 6.30. The number of halogens is 1. The van der Waals surface area contributed by atoms with E-state index in [0.29, 0.717) is 23.7 Å². The zero-order valence-corrected chi connectivity index (χ0v) is 15.4. The summed E-state index contributed by atoms with van der Waals surface area (Å²) in [5, 5.41) is 3.59. The van der Waals surface area contributed by atoms with Gasteiger partial charge in [-0.3, -0.25) is 4.79 Å². The number of hydrogen-bond donors (Lipinski definition) is 1. The molecule has 0 unspecified atom stereocenters. The quantitative estimate of drug-likeness (QED) is 0.728. The van der Waals surface area contributed by atoms with Gasteiger partial charge in [-0.2, -0.15) is 0 Å². The van der Waals surface area contributed by atoms with Crippen LogP contribution in [0, 0.1) is 0 Å². The number of carbonyl (C=O) groups is 1. The molecule has 0 radical (unpaired) electrons. The first-order chi connectivity index (χ1) is 11.6. The van der Waals surface area contributed by atoms with Gasteiger partial charge >= 0.3 is 0 Å². The van der Waals surface area contributed by atoms with Gasteiger partial charge in [0, 0.05) is 37.7 Å². The Morgan fingerprint density at radius 1 is 1.33 bits per heavy atom. The number of likely N-dealkylation sites (N-methyl/N-ethyl adjacent to an activating group) is 1. The number of nitrogens with zero attached hydrogens (tertiary/aromatic N) is 2. The molecule has 24 heavy (non-hydrogen) atoms. The predicted molar refractivity (Wildman–Crippen MR) is 97.7 cm³/mol. The molecule has 1 saturated heterocycles. The van der Waals surface area contributed by atoms with Crippen molar-refractivity contribution in [3.63, 3.8) is 0 Å². The summed E-state index contributed by atoms with van der Waals surface area (Å²) in [6, 6.07) is 7.15. The minimum atomic E-state index is -0.480. The number of benzene rings is 1. The lowest BCUT2D eigenvalue weighted by molar-refractivity contribution is -0.128. The Kier molecular flexibility index (Phi) is 7.82. The number of hydrogen-bond acceptors (Lipinski definition) is 4. The van der Waals surface area contributed by atoms with E-state index in [1.165, 1.54) is 0 Å². The largest absolute Gasteiger partial charge is 0.481 e. The van der Waals surface area contributed by atoms with Crippen molar-refractivity contribution in [2.24, 2.45) is 0 Å². The van der Waals surface area contributed by atoms with Gasteiger partial charge in [-0.1, -0.05) is 24.6 Å². The maximum absolute atomic E-state index is 12.3. The predicted octanol–water partition coefficient (Wildman–Crippen LogP) is 2.25. The van der Waals surface area contributed by atoms with E-state index in [0.717, 1.165) is 39.1 Å². The van der Waals surface area contributed by atoms with Crippen molar-refractivity contribution in [3.8, 4) is 5.75 Å². The van der Waals surface area contributed by atoms with E-state index in [9.17, 15) is 4.79 Å². The fourth-order valence-electron chi connectivity index (χ4n) is 2.73. The van der Waals surface area contributed by atoms with Crippen molar-refractivity contribution in [1.82, 2.24) is 15.1 Å². The number of carbonyl (C=O) groups excluding carboxylic acids is 1. The van der Waals surface area contributed by atoms with Gasteiger partial charge in [0.15, 0.2) is 6.10 Å². The molecule has 1 amide bonds. The molecule has 1 fully saturated rings. The standard InChI is InChI=1S/C18H28ClN3O2/c1-3-17(24-16-7-4-6-15(19)14-16)18(23)20-8-5-9-22-12-10-21(2)11-13-22/h4,6-7,14,17H,3,5,8-13H2,1-2H3,(H,20,23)/t17-/m1/s1. The lowest BCUT2D eigenvalue weighted by atomic mass is 10.2. The molecule has 1 aromatic rings. The molecule has 6 heteroatoms. The second-order valence-corrected chi connectivity index (χ2v) is 6.70. The highest BCUT2D eigenvalue weighted by atomic mass is 35.5. The van der Waals surface area contributed by atoms with Gasteiger partial charge < -0.3 is 19.9 Å². The van der Waals surface area contributed by atoms with Crippen LogP contribution in [0.2, 0.25) is 5.02 Å². The molecular formula is C18H28ClN3O2. The SMILES string of the molecule is CC[C@@H](Oc1cccc(Cl)c1)C(=O)NCCCN1CCN(C)CC1. The van der Waals surface area contributed by atoms with E-state index in [-0.39, 0.29) is 5.91 Å². The summed E-state index contributed by atoms with van der Waals surface area (Å²) in [7, 11) is 2.16. The Hall–Kier alpha value is -1.30. The second-order valence-electron chi connectivity index (χ2n) is 6.26. The number of ether oxygens (including phenoxy) is 1. The van der Waals surface area contributed by atoms with Crippen molar-refractivity contribution in [1.29, 1.82) is 0 Å². The van der Waals surface area contributed by atoms with Gasteiger partial charge in [0.1, 0.15) is 5.75 Å². The molecule has 0 saturated carbocycles. The third-order valence-electron chi connectivity index (χ3n) is 4.28. The average Bonchev–Trinajstić information content (AvgIpc) is 2.58. The highest BCUT2D eigenvalue weighted by molar-refractivity contribution is 6.30. The minimum absolute atomic E-state index is 0.0594. The van der Waals surface area contributed by atoms with Crippen molar-refractivity contribution >= 4 is 17.5 Å². The Bertz CT molecular complexity index is 519. The van der Waals surface area contributed by atoms with Crippen LogP contribution in [-0.2, 0) is 4.79 Å². The molecule has 134 valence electrons. The summed E-state index contributed by atoms with van der Waals surface area (Å²) in [6.07, 6.45) is 1.10. The molecule has 1 aliphatic rings. The first-order valence-corrected chi connectivity index (χ1v) is 9.07. The molecular weight excluding hydrogens is 326 g/mol. The number of piperazine rings is 1. The number of amides is 1. The van der Waals surface area contributed by atoms with Crippen LogP contribution in [-0.4, -0.2) is 68.1 Å². The molecule has 1 N–H and O–H groups in total. The summed E-state index contributed by atoms with van der Waals surface area (Å²) < 4.78 is 5.75. The van der Waals surface area contributed by atoms with Gasteiger partial charge in [-0.05, 0) is 44.6 Å². The molecule has 0 bridgehead atoms. The first kappa shape index (κ1) is 19.0. The van der Waals surface area contributed by atoms with Crippen LogP contribution in [0.1, 0.15) is 19.8 Å². The molecule has 1 aliphatic heterocycles.